The highest BCUT2D eigenvalue weighted by Gasteiger charge is 2.67. The first-order chi connectivity index (χ1) is 18.9. The van der Waals surface area contributed by atoms with E-state index in [4.69, 9.17) is 9.47 Å². The summed E-state index contributed by atoms with van der Waals surface area (Å²) in [5, 5.41) is 11.1. The van der Waals surface area contributed by atoms with Crippen LogP contribution in [0.1, 0.15) is 55.7 Å². The molecule has 39 heavy (non-hydrogen) atoms. The largest absolute Gasteiger partial charge is 0.504 e. The van der Waals surface area contributed by atoms with Crippen LogP contribution < -0.4 is 9.47 Å². The van der Waals surface area contributed by atoms with Gasteiger partial charge in [-0.1, -0.05) is 30.3 Å². The Hall–Kier alpha value is -3.32. The van der Waals surface area contributed by atoms with E-state index in [2.05, 4.69) is 4.90 Å². The summed E-state index contributed by atoms with van der Waals surface area (Å²) in [5.41, 5.74) is 2.70. The van der Waals surface area contributed by atoms with Gasteiger partial charge >= 0.3 is 5.97 Å². The van der Waals surface area contributed by atoms with E-state index in [0.29, 0.717) is 23.5 Å². The highest BCUT2D eigenvalue weighted by Crippen LogP contribution is 2.65. The molecule has 1 amide bonds. The van der Waals surface area contributed by atoms with Gasteiger partial charge in [0.05, 0.1) is 6.04 Å². The number of phenols is 1. The standard InChI is InChI=1S/C32H36N2O5/c1-19(35)38-27-17-26(36)30-29-22(27)16-25-23-11-12-24(33(2)28(37)13-10-20-6-4-3-5-7-20)31(39-30)32(23,29)14-15-34(25)18-21-8-9-21/h3-7,10,13,17,21,23-25,31,36H,8-9,11-12,14-16,18H2,1-2H3/t23-,24-,25+,31-,32-/m0/s1. The Morgan fingerprint density at radius 3 is 2.74 bits per heavy atom. The number of amides is 1. The number of carbonyl (C=O) groups excluding carboxylic acids is 2. The zero-order chi connectivity index (χ0) is 26.9. The first-order valence-electron chi connectivity index (χ1n) is 14.3. The Balaban J connectivity index is 1.27. The summed E-state index contributed by atoms with van der Waals surface area (Å²) in [6, 6.07) is 11.6. The lowest BCUT2D eigenvalue weighted by molar-refractivity contribution is -0.135. The molecule has 7 heteroatoms. The number of esters is 1. The molecular weight excluding hydrogens is 492 g/mol. The van der Waals surface area contributed by atoms with Crippen LogP contribution >= 0.6 is 0 Å². The zero-order valence-electron chi connectivity index (χ0n) is 22.6. The van der Waals surface area contributed by atoms with Gasteiger partial charge in [0.15, 0.2) is 11.5 Å². The average Bonchev–Trinajstić information content (AvgIpc) is 3.68. The molecule has 2 aromatic carbocycles. The SMILES string of the molecule is CC(=O)Oc1cc(O)c2c3c1C[C@@H]1[C@@H]4CC[C@H](N(C)C(=O)C=Cc5ccccc5)[C@H](O2)[C@]34CCN1CC1CC1. The normalized spacial score (nSPS) is 30.5. The van der Waals surface area contributed by atoms with Crippen LogP contribution in [0.3, 0.4) is 0 Å². The summed E-state index contributed by atoms with van der Waals surface area (Å²) in [6.45, 7) is 3.51. The number of benzene rings is 2. The van der Waals surface area contributed by atoms with Gasteiger partial charge in [-0.2, -0.15) is 0 Å². The van der Waals surface area contributed by atoms with E-state index in [1.807, 2.05) is 48.4 Å². The molecule has 7 rings (SSSR count). The maximum absolute atomic E-state index is 13.4. The molecule has 0 aromatic heterocycles. The number of aromatic hydroxyl groups is 1. The molecule has 0 radical (unpaired) electrons. The Labute approximate surface area is 229 Å². The molecule has 1 saturated heterocycles. The van der Waals surface area contributed by atoms with Crippen molar-refractivity contribution in [1.82, 2.24) is 9.80 Å². The van der Waals surface area contributed by atoms with Crippen LogP contribution in [0.15, 0.2) is 42.5 Å². The molecule has 3 aliphatic carbocycles. The van der Waals surface area contributed by atoms with Gasteiger partial charge in [0.1, 0.15) is 11.9 Å². The van der Waals surface area contributed by atoms with Gasteiger partial charge in [-0.15, -0.1) is 0 Å². The van der Waals surface area contributed by atoms with Crippen molar-refractivity contribution < 1.29 is 24.2 Å². The Kier molecular flexibility index (Phi) is 5.78. The van der Waals surface area contributed by atoms with E-state index < -0.39 is 5.97 Å². The van der Waals surface area contributed by atoms with Crippen molar-refractivity contribution in [2.24, 2.45) is 11.8 Å². The fraction of sp³-hybridized carbons (Fsp3) is 0.500. The molecule has 2 bridgehead atoms. The number of piperidine rings is 1. The third-order valence-electron chi connectivity index (χ3n) is 10.00. The summed E-state index contributed by atoms with van der Waals surface area (Å²) in [6.07, 6.45) is 9.41. The molecule has 0 unspecified atom stereocenters. The number of carbonyl (C=O) groups is 2. The van der Waals surface area contributed by atoms with E-state index in [1.165, 1.54) is 19.8 Å². The highest BCUT2D eigenvalue weighted by molar-refractivity contribution is 5.92. The van der Waals surface area contributed by atoms with Gasteiger partial charge in [-0.3, -0.25) is 14.5 Å². The van der Waals surface area contributed by atoms with Gasteiger partial charge in [-0.05, 0) is 68.5 Å². The van der Waals surface area contributed by atoms with Crippen LogP contribution in [-0.2, 0) is 21.4 Å². The van der Waals surface area contributed by atoms with E-state index in [-0.39, 0.29) is 29.2 Å². The second-order valence-corrected chi connectivity index (χ2v) is 12.2. The first-order valence-corrected chi connectivity index (χ1v) is 14.3. The molecule has 2 aromatic rings. The molecule has 2 saturated carbocycles. The zero-order valence-corrected chi connectivity index (χ0v) is 22.6. The average molecular weight is 529 g/mol. The van der Waals surface area contributed by atoms with E-state index in [9.17, 15) is 14.7 Å². The topological polar surface area (TPSA) is 79.3 Å². The minimum atomic E-state index is -0.391. The lowest BCUT2D eigenvalue weighted by atomic mass is 9.50. The number of phenolic OH excluding ortho intramolecular Hbond substituents is 1. The van der Waals surface area contributed by atoms with Crippen molar-refractivity contribution in [3.63, 3.8) is 0 Å². The van der Waals surface area contributed by atoms with Crippen molar-refractivity contribution in [2.75, 3.05) is 20.1 Å². The highest BCUT2D eigenvalue weighted by atomic mass is 16.5. The summed E-state index contributed by atoms with van der Waals surface area (Å²) >= 11 is 0. The van der Waals surface area contributed by atoms with Crippen LogP contribution in [0, 0.1) is 11.8 Å². The predicted molar refractivity (Wildman–Crippen MR) is 147 cm³/mol. The Morgan fingerprint density at radius 2 is 2.00 bits per heavy atom. The lowest BCUT2D eigenvalue weighted by Gasteiger charge is -2.60. The van der Waals surface area contributed by atoms with Gasteiger partial charge in [0.25, 0.3) is 0 Å². The van der Waals surface area contributed by atoms with Gasteiger partial charge in [0, 0.05) is 55.2 Å². The van der Waals surface area contributed by atoms with Crippen molar-refractivity contribution in [3.8, 4) is 17.2 Å². The summed E-state index contributed by atoms with van der Waals surface area (Å²) in [7, 11) is 1.87. The monoisotopic (exact) mass is 528 g/mol. The minimum Gasteiger partial charge on any atom is -0.504 e. The summed E-state index contributed by atoms with van der Waals surface area (Å²) < 4.78 is 12.4. The predicted octanol–water partition coefficient (Wildman–Crippen LogP) is 4.31. The number of hydrogen-bond acceptors (Lipinski definition) is 6. The molecule has 204 valence electrons. The smallest absolute Gasteiger partial charge is 0.308 e. The first kappa shape index (κ1) is 24.7. The van der Waals surface area contributed by atoms with Crippen molar-refractivity contribution in [3.05, 3.63) is 59.2 Å². The fourth-order valence-electron chi connectivity index (χ4n) is 8.16. The Morgan fingerprint density at radius 1 is 1.21 bits per heavy atom. The molecule has 5 aliphatic rings. The summed E-state index contributed by atoms with van der Waals surface area (Å²) in [4.78, 5) is 29.9. The maximum atomic E-state index is 13.4. The fourth-order valence-corrected chi connectivity index (χ4v) is 8.16. The van der Waals surface area contributed by atoms with Crippen LogP contribution in [0.2, 0.25) is 0 Å². The van der Waals surface area contributed by atoms with Crippen molar-refractivity contribution in [1.29, 1.82) is 0 Å². The van der Waals surface area contributed by atoms with E-state index in [0.717, 1.165) is 61.4 Å². The summed E-state index contributed by atoms with van der Waals surface area (Å²) in [5.74, 6) is 1.71. The minimum absolute atomic E-state index is 0.0167. The third-order valence-corrected chi connectivity index (χ3v) is 10.00. The number of likely N-dealkylation sites (tertiary alicyclic amines) is 1. The third kappa shape index (κ3) is 3.88. The molecule has 2 heterocycles. The van der Waals surface area contributed by atoms with Crippen LogP contribution in [0.4, 0.5) is 0 Å². The van der Waals surface area contributed by atoms with E-state index >= 15 is 0 Å². The molecule has 2 aliphatic heterocycles. The quantitative estimate of drug-likeness (QED) is 0.342. The molecule has 1 N–H and O–H groups in total. The number of hydrogen-bond donors (Lipinski definition) is 1. The van der Waals surface area contributed by atoms with Crippen molar-refractivity contribution in [2.45, 2.75) is 69.1 Å². The van der Waals surface area contributed by atoms with Gasteiger partial charge < -0.3 is 19.5 Å². The maximum Gasteiger partial charge on any atom is 0.308 e. The van der Waals surface area contributed by atoms with E-state index in [1.54, 1.807) is 12.1 Å². The van der Waals surface area contributed by atoms with Gasteiger partial charge in [0.2, 0.25) is 5.91 Å². The number of likely N-dealkylation sites (N-methyl/N-ethyl adjacent to an activating group) is 1. The second-order valence-electron chi connectivity index (χ2n) is 12.2. The lowest BCUT2D eigenvalue weighted by Crippen LogP contribution is -2.69. The molecule has 3 fully saturated rings. The van der Waals surface area contributed by atoms with Crippen LogP contribution in [0.25, 0.3) is 6.08 Å². The molecular formula is C32H36N2O5. The number of nitrogens with zero attached hydrogens (tertiary/aromatic N) is 2. The van der Waals surface area contributed by atoms with Crippen LogP contribution in [-0.4, -0.2) is 65.1 Å². The Bertz CT molecular complexity index is 1350. The second kappa shape index (κ2) is 9.12. The molecule has 7 nitrogen and oxygen atoms in total. The van der Waals surface area contributed by atoms with Gasteiger partial charge in [-0.25, -0.2) is 0 Å². The van der Waals surface area contributed by atoms with Crippen molar-refractivity contribution >= 4 is 18.0 Å². The van der Waals surface area contributed by atoms with Crippen LogP contribution in [0.5, 0.6) is 17.2 Å². The number of ether oxygens (including phenoxy) is 2. The molecule has 5 atom stereocenters. The number of rotatable bonds is 6. The molecule has 1 spiro atoms.